The van der Waals surface area contributed by atoms with E-state index in [9.17, 15) is 9.90 Å². The second kappa shape index (κ2) is 7.40. The van der Waals surface area contributed by atoms with Gasteiger partial charge in [0.2, 0.25) is 5.76 Å². The fraction of sp³-hybridized carbons (Fsp3) is 0.444. The number of rotatable bonds is 5. The lowest BCUT2D eigenvalue weighted by Gasteiger charge is -2.36. The van der Waals surface area contributed by atoms with E-state index in [4.69, 9.17) is 4.52 Å². The molecule has 0 radical (unpaired) electrons. The Hall–Kier alpha value is -1.79. The van der Waals surface area contributed by atoms with Crippen LogP contribution in [0.25, 0.3) is 0 Å². The van der Waals surface area contributed by atoms with Gasteiger partial charge in [-0.1, -0.05) is 54.4 Å². The third-order valence-corrected chi connectivity index (χ3v) is 5.66. The molecule has 1 heterocycles. The third kappa shape index (κ3) is 3.65. The van der Waals surface area contributed by atoms with E-state index in [0.717, 1.165) is 41.9 Å². The van der Waals surface area contributed by atoms with Gasteiger partial charge in [0.1, 0.15) is 0 Å². The predicted molar refractivity (Wildman–Crippen MR) is 92.2 cm³/mol. The van der Waals surface area contributed by atoms with Gasteiger partial charge in [0.15, 0.2) is 0 Å². The summed E-state index contributed by atoms with van der Waals surface area (Å²) in [5.74, 6) is -0.0790. The van der Waals surface area contributed by atoms with E-state index in [1.807, 2.05) is 37.3 Å². The molecule has 0 spiro atoms. The minimum atomic E-state index is -0.537. The zero-order valence-electron chi connectivity index (χ0n) is 13.7. The van der Waals surface area contributed by atoms with Crippen molar-refractivity contribution >= 4 is 17.7 Å². The fourth-order valence-corrected chi connectivity index (χ4v) is 4.02. The number of hydrogen-bond acceptors (Lipinski definition) is 5. The summed E-state index contributed by atoms with van der Waals surface area (Å²) in [6, 6.07) is 9.82. The molecule has 0 bridgehead atoms. The number of aliphatic hydroxyl groups excluding tert-OH is 1. The number of aromatic nitrogens is 1. The molecule has 1 amide bonds. The Morgan fingerprint density at radius 1 is 1.29 bits per heavy atom. The van der Waals surface area contributed by atoms with E-state index in [1.54, 1.807) is 0 Å². The summed E-state index contributed by atoms with van der Waals surface area (Å²) in [6.07, 6.45) is 4.77. The van der Waals surface area contributed by atoms with Gasteiger partial charge < -0.3 is 14.9 Å². The molecule has 6 heteroatoms. The number of carbonyl (C=O) groups excluding carboxylic acids is 1. The highest BCUT2D eigenvalue weighted by Gasteiger charge is 2.35. The third-order valence-electron chi connectivity index (χ3n) is 4.47. The number of carbonyl (C=O) groups is 1. The van der Waals surface area contributed by atoms with Gasteiger partial charge in [-0.2, -0.15) is 0 Å². The van der Waals surface area contributed by atoms with Crippen LogP contribution in [0.15, 0.2) is 44.6 Å². The molecule has 0 unspecified atom stereocenters. The minimum absolute atomic E-state index is 0.0486. The maximum absolute atomic E-state index is 12.7. The van der Waals surface area contributed by atoms with Gasteiger partial charge in [-0.05, 0) is 31.9 Å². The van der Waals surface area contributed by atoms with E-state index in [1.165, 1.54) is 11.8 Å². The normalized spacial score (nSPS) is 16.8. The Morgan fingerprint density at radius 2 is 2.00 bits per heavy atom. The van der Waals surface area contributed by atoms with Crippen LogP contribution in [0, 0.1) is 6.92 Å². The largest absolute Gasteiger partial charge is 0.394 e. The molecule has 24 heavy (non-hydrogen) atoms. The molecule has 0 aliphatic heterocycles. The first-order valence-electron chi connectivity index (χ1n) is 8.26. The molecule has 1 fully saturated rings. The van der Waals surface area contributed by atoms with Gasteiger partial charge >= 0.3 is 0 Å². The SMILES string of the molecule is Cc1noc(C(=O)NC2(CO)CCCCC2)c1Sc1ccccc1. The quantitative estimate of drug-likeness (QED) is 0.866. The van der Waals surface area contributed by atoms with E-state index in [0.29, 0.717) is 5.69 Å². The maximum atomic E-state index is 12.7. The van der Waals surface area contributed by atoms with Crippen LogP contribution in [-0.2, 0) is 0 Å². The minimum Gasteiger partial charge on any atom is -0.394 e. The van der Waals surface area contributed by atoms with E-state index in [-0.39, 0.29) is 18.3 Å². The second-order valence-corrected chi connectivity index (χ2v) is 7.38. The van der Waals surface area contributed by atoms with Crippen LogP contribution in [0.3, 0.4) is 0 Å². The van der Waals surface area contributed by atoms with E-state index >= 15 is 0 Å². The average Bonchev–Trinajstić information content (AvgIpc) is 2.97. The zero-order chi connectivity index (χ0) is 17.0. The van der Waals surface area contributed by atoms with Gasteiger partial charge in [-0.25, -0.2) is 0 Å². The topological polar surface area (TPSA) is 75.4 Å². The standard InChI is InChI=1S/C18H22N2O3S/c1-13-16(24-14-8-4-2-5-9-14)15(23-20-13)17(22)19-18(12-21)10-6-3-7-11-18/h2,4-5,8-9,21H,3,6-7,10-12H2,1H3,(H,19,22). The van der Waals surface area contributed by atoms with Crippen LogP contribution >= 0.6 is 11.8 Å². The molecular weight excluding hydrogens is 324 g/mol. The van der Waals surface area contributed by atoms with Gasteiger partial charge in [-0.3, -0.25) is 4.79 Å². The first-order chi connectivity index (χ1) is 11.6. The molecular formula is C18H22N2O3S. The number of nitrogens with one attached hydrogen (secondary N) is 1. The Kier molecular flexibility index (Phi) is 5.26. The Bertz CT molecular complexity index is 694. The molecule has 1 saturated carbocycles. The van der Waals surface area contributed by atoms with Gasteiger partial charge in [0.25, 0.3) is 5.91 Å². The average molecular weight is 346 g/mol. The second-order valence-electron chi connectivity index (χ2n) is 6.29. The zero-order valence-corrected chi connectivity index (χ0v) is 14.6. The lowest BCUT2D eigenvalue weighted by molar-refractivity contribution is 0.0721. The van der Waals surface area contributed by atoms with E-state index < -0.39 is 5.54 Å². The summed E-state index contributed by atoms with van der Waals surface area (Å²) in [5, 5.41) is 16.7. The van der Waals surface area contributed by atoms with Crippen molar-refractivity contribution in [1.29, 1.82) is 0 Å². The summed E-state index contributed by atoms with van der Waals surface area (Å²) in [7, 11) is 0. The van der Waals surface area contributed by atoms with Crippen LogP contribution < -0.4 is 5.32 Å². The van der Waals surface area contributed by atoms with Crippen molar-refractivity contribution in [2.75, 3.05) is 6.61 Å². The molecule has 1 aliphatic carbocycles. The Labute approximate surface area is 145 Å². The number of hydrogen-bond donors (Lipinski definition) is 2. The Morgan fingerprint density at radius 3 is 2.67 bits per heavy atom. The first kappa shape index (κ1) is 17.0. The highest BCUT2D eigenvalue weighted by atomic mass is 32.2. The molecule has 0 atom stereocenters. The van der Waals surface area contributed by atoms with Crippen LogP contribution in [-0.4, -0.2) is 28.3 Å². The van der Waals surface area contributed by atoms with Crippen molar-refractivity contribution in [1.82, 2.24) is 10.5 Å². The maximum Gasteiger partial charge on any atom is 0.291 e. The highest BCUT2D eigenvalue weighted by molar-refractivity contribution is 7.99. The molecule has 0 saturated heterocycles. The summed E-state index contributed by atoms with van der Waals surface area (Å²) in [4.78, 5) is 14.5. The van der Waals surface area contributed by atoms with Crippen molar-refractivity contribution in [3.05, 3.63) is 41.8 Å². The molecule has 1 aromatic carbocycles. The fourth-order valence-electron chi connectivity index (χ4n) is 3.08. The van der Waals surface area contributed by atoms with Gasteiger partial charge in [-0.15, -0.1) is 0 Å². The smallest absolute Gasteiger partial charge is 0.291 e. The molecule has 1 aromatic heterocycles. The molecule has 3 rings (SSSR count). The van der Waals surface area contributed by atoms with Crippen LogP contribution in [0.5, 0.6) is 0 Å². The predicted octanol–water partition coefficient (Wildman–Crippen LogP) is 3.56. The monoisotopic (exact) mass is 346 g/mol. The van der Waals surface area contributed by atoms with Crippen molar-refractivity contribution in [3.8, 4) is 0 Å². The van der Waals surface area contributed by atoms with Gasteiger partial charge in [0, 0.05) is 4.90 Å². The Balaban J connectivity index is 1.80. The molecule has 1 aliphatic rings. The lowest BCUT2D eigenvalue weighted by atomic mass is 9.82. The van der Waals surface area contributed by atoms with Crippen LogP contribution in [0.2, 0.25) is 0 Å². The molecule has 2 aromatic rings. The van der Waals surface area contributed by atoms with Crippen molar-refractivity contribution in [3.63, 3.8) is 0 Å². The number of aliphatic hydroxyl groups is 1. The lowest BCUT2D eigenvalue weighted by Crippen LogP contribution is -2.52. The summed E-state index contributed by atoms with van der Waals surface area (Å²) in [6.45, 7) is 1.78. The summed E-state index contributed by atoms with van der Waals surface area (Å²) < 4.78 is 5.30. The van der Waals surface area contributed by atoms with Crippen LogP contribution in [0.4, 0.5) is 0 Å². The summed E-state index contributed by atoms with van der Waals surface area (Å²) >= 11 is 1.46. The van der Waals surface area contributed by atoms with Crippen molar-refractivity contribution in [2.45, 2.75) is 54.4 Å². The van der Waals surface area contributed by atoms with Crippen molar-refractivity contribution < 1.29 is 14.4 Å². The molecule has 2 N–H and O–H groups in total. The highest BCUT2D eigenvalue weighted by Crippen LogP contribution is 2.34. The first-order valence-corrected chi connectivity index (χ1v) is 9.08. The van der Waals surface area contributed by atoms with Crippen molar-refractivity contribution in [2.24, 2.45) is 0 Å². The summed E-state index contributed by atoms with van der Waals surface area (Å²) in [5.41, 5.74) is 0.153. The number of benzene rings is 1. The number of nitrogens with zero attached hydrogens (tertiary/aromatic N) is 1. The van der Waals surface area contributed by atoms with E-state index in [2.05, 4.69) is 10.5 Å². The number of amides is 1. The van der Waals surface area contributed by atoms with Gasteiger partial charge in [0.05, 0.1) is 22.7 Å². The van der Waals surface area contributed by atoms with Crippen LogP contribution in [0.1, 0.15) is 48.4 Å². The molecule has 128 valence electrons. The molecule has 5 nitrogen and oxygen atoms in total. The number of aryl methyl sites for hydroxylation is 1.